The molecule has 1 fully saturated rings. The quantitative estimate of drug-likeness (QED) is 0.817. The van der Waals surface area contributed by atoms with Crippen LogP contribution in [-0.4, -0.2) is 49.4 Å². The maximum absolute atomic E-state index is 11.8. The Morgan fingerprint density at radius 1 is 1.30 bits per heavy atom. The van der Waals surface area contributed by atoms with Crippen molar-refractivity contribution in [1.29, 1.82) is 0 Å². The zero-order valence-electron chi connectivity index (χ0n) is 13.1. The minimum atomic E-state index is -0.394. The highest BCUT2D eigenvalue weighted by Crippen LogP contribution is 2.23. The van der Waals surface area contributed by atoms with Crippen LogP contribution in [0, 0.1) is 0 Å². The van der Waals surface area contributed by atoms with Crippen molar-refractivity contribution in [3.8, 4) is 11.4 Å². The standard InChI is InChI=1S/C16H20N4O3/c1-22-11-8-17-15(21)16-18-14(19-23-16)12-4-6-13(7-5-12)20-9-2-3-10-20/h4-7H,2-3,8-11H2,1H3,(H,17,21). The van der Waals surface area contributed by atoms with Crippen molar-refractivity contribution < 1.29 is 14.1 Å². The molecule has 0 radical (unpaired) electrons. The molecule has 1 aromatic carbocycles. The largest absolute Gasteiger partial charge is 0.383 e. The number of aromatic nitrogens is 2. The first-order chi connectivity index (χ1) is 11.3. The number of ether oxygens (including phenoxy) is 1. The van der Waals surface area contributed by atoms with Crippen LogP contribution in [0.2, 0.25) is 0 Å². The van der Waals surface area contributed by atoms with Crippen molar-refractivity contribution in [3.63, 3.8) is 0 Å². The van der Waals surface area contributed by atoms with Gasteiger partial charge in [0.15, 0.2) is 0 Å². The van der Waals surface area contributed by atoms with Crippen molar-refractivity contribution in [1.82, 2.24) is 15.5 Å². The number of hydrogen-bond acceptors (Lipinski definition) is 6. The van der Waals surface area contributed by atoms with Crippen LogP contribution in [0.3, 0.4) is 0 Å². The van der Waals surface area contributed by atoms with Crippen molar-refractivity contribution in [2.45, 2.75) is 12.8 Å². The predicted octanol–water partition coefficient (Wildman–Crippen LogP) is 1.71. The molecule has 1 aliphatic rings. The molecule has 0 atom stereocenters. The highest BCUT2D eigenvalue weighted by molar-refractivity contribution is 5.89. The molecule has 1 amide bonds. The van der Waals surface area contributed by atoms with Crippen LogP contribution < -0.4 is 10.2 Å². The van der Waals surface area contributed by atoms with Crippen molar-refractivity contribution in [3.05, 3.63) is 30.2 Å². The summed E-state index contributed by atoms with van der Waals surface area (Å²) in [6.45, 7) is 3.04. The fourth-order valence-corrected chi connectivity index (χ4v) is 2.57. The van der Waals surface area contributed by atoms with Gasteiger partial charge < -0.3 is 19.5 Å². The van der Waals surface area contributed by atoms with E-state index in [0.717, 1.165) is 18.7 Å². The average molecular weight is 316 g/mol. The third-order valence-corrected chi connectivity index (χ3v) is 3.81. The summed E-state index contributed by atoms with van der Waals surface area (Å²) in [5.74, 6) is -0.0240. The second-order valence-electron chi connectivity index (χ2n) is 5.41. The summed E-state index contributed by atoms with van der Waals surface area (Å²) >= 11 is 0. The Bertz CT molecular complexity index is 648. The lowest BCUT2D eigenvalue weighted by Gasteiger charge is -2.17. The molecule has 3 rings (SSSR count). The Labute approximate surface area is 134 Å². The summed E-state index contributed by atoms with van der Waals surface area (Å²) in [5.41, 5.74) is 2.03. The maximum Gasteiger partial charge on any atom is 0.316 e. The van der Waals surface area contributed by atoms with Gasteiger partial charge in [-0.15, -0.1) is 0 Å². The molecule has 7 heteroatoms. The number of amides is 1. The third kappa shape index (κ3) is 3.68. The number of carbonyl (C=O) groups is 1. The number of anilines is 1. The predicted molar refractivity (Wildman–Crippen MR) is 85.4 cm³/mol. The molecule has 1 N–H and O–H groups in total. The third-order valence-electron chi connectivity index (χ3n) is 3.81. The molecule has 0 spiro atoms. The Balaban J connectivity index is 1.66. The highest BCUT2D eigenvalue weighted by Gasteiger charge is 2.16. The van der Waals surface area contributed by atoms with Crippen LogP contribution in [-0.2, 0) is 4.74 Å². The number of nitrogens with one attached hydrogen (secondary N) is 1. The molecular weight excluding hydrogens is 296 g/mol. The van der Waals surface area contributed by atoms with E-state index < -0.39 is 5.91 Å². The molecule has 2 aromatic rings. The van der Waals surface area contributed by atoms with Gasteiger partial charge >= 0.3 is 11.8 Å². The second-order valence-corrected chi connectivity index (χ2v) is 5.41. The van der Waals surface area contributed by atoms with Gasteiger partial charge in [0.05, 0.1) is 6.61 Å². The molecule has 7 nitrogen and oxygen atoms in total. The van der Waals surface area contributed by atoms with Crippen LogP contribution in [0.1, 0.15) is 23.5 Å². The van der Waals surface area contributed by atoms with E-state index in [9.17, 15) is 4.79 Å². The van der Waals surface area contributed by atoms with Gasteiger partial charge in [0.25, 0.3) is 0 Å². The Hall–Kier alpha value is -2.41. The lowest BCUT2D eigenvalue weighted by atomic mass is 10.2. The van der Waals surface area contributed by atoms with E-state index in [2.05, 4.69) is 32.5 Å². The number of rotatable bonds is 6. The lowest BCUT2D eigenvalue weighted by Crippen LogP contribution is -2.27. The van der Waals surface area contributed by atoms with Crippen LogP contribution in [0.5, 0.6) is 0 Å². The number of hydrogen-bond donors (Lipinski definition) is 1. The minimum absolute atomic E-state index is 0.0419. The minimum Gasteiger partial charge on any atom is -0.383 e. The molecule has 122 valence electrons. The van der Waals surface area contributed by atoms with Crippen LogP contribution in [0.4, 0.5) is 5.69 Å². The van der Waals surface area contributed by atoms with Crippen LogP contribution in [0.15, 0.2) is 28.8 Å². The van der Waals surface area contributed by atoms with E-state index >= 15 is 0 Å². The number of carbonyl (C=O) groups excluding carboxylic acids is 1. The van der Waals surface area contributed by atoms with Gasteiger partial charge in [-0.3, -0.25) is 4.79 Å². The maximum atomic E-state index is 11.8. The van der Waals surface area contributed by atoms with Gasteiger partial charge in [-0.1, -0.05) is 5.16 Å². The molecule has 0 unspecified atom stereocenters. The van der Waals surface area contributed by atoms with E-state index in [1.54, 1.807) is 7.11 Å². The fourth-order valence-electron chi connectivity index (χ4n) is 2.57. The Morgan fingerprint density at radius 2 is 2.04 bits per heavy atom. The van der Waals surface area contributed by atoms with E-state index in [-0.39, 0.29) is 5.89 Å². The topological polar surface area (TPSA) is 80.5 Å². The lowest BCUT2D eigenvalue weighted by molar-refractivity contribution is 0.0893. The van der Waals surface area contributed by atoms with Gasteiger partial charge in [0, 0.05) is 38.0 Å². The van der Waals surface area contributed by atoms with Gasteiger partial charge in [0.2, 0.25) is 5.82 Å². The monoisotopic (exact) mass is 316 g/mol. The molecule has 1 aromatic heterocycles. The van der Waals surface area contributed by atoms with Crippen LogP contribution in [0.25, 0.3) is 11.4 Å². The van der Waals surface area contributed by atoms with Gasteiger partial charge in [-0.2, -0.15) is 4.98 Å². The molecule has 0 saturated carbocycles. The summed E-state index contributed by atoms with van der Waals surface area (Å²) < 4.78 is 9.89. The van der Waals surface area contributed by atoms with E-state index in [0.29, 0.717) is 19.0 Å². The van der Waals surface area contributed by atoms with Crippen molar-refractivity contribution in [2.75, 3.05) is 38.3 Å². The highest BCUT2D eigenvalue weighted by atomic mass is 16.5. The molecule has 1 saturated heterocycles. The Kier molecular flexibility index (Phi) is 4.87. The fraction of sp³-hybridized carbons (Fsp3) is 0.438. The van der Waals surface area contributed by atoms with E-state index in [4.69, 9.17) is 9.26 Å². The zero-order chi connectivity index (χ0) is 16.1. The first-order valence-electron chi connectivity index (χ1n) is 7.74. The molecule has 23 heavy (non-hydrogen) atoms. The van der Waals surface area contributed by atoms with Crippen molar-refractivity contribution in [2.24, 2.45) is 0 Å². The van der Waals surface area contributed by atoms with Crippen molar-refractivity contribution >= 4 is 11.6 Å². The molecule has 0 bridgehead atoms. The summed E-state index contributed by atoms with van der Waals surface area (Å²) in [4.78, 5) is 18.3. The number of methoxy groups -OCH3 is 1. The first kappa shape index (κ1) is 15.5. The van der Waals surface area contributed by atoms with E-state index in [1.165, 1.54) is 18.5 Å². The first-order valence-corrected chi connectivity index (χ1v) is 7.74. The zero-order valence-corrected chi connectivity index (χ0v) is 13.1. The second kappa shape index (κ2) is 7.23. The molecule has 0 aliphatic carbocycles. The van der Waals surface area contributed by atoms with E-state index in [1.807, 2.05) is 12.1 Å². The van der Waals surface area contributed by atoms with Gasteiger partial charge in [-0.05, 0) is 37.1 Å². The molecular formula is C16H20N4O3. The number of benzene rings is 1. The summed E-state index contributed by atoms with van der Waals surface area (Å²) in [6.07, 6.45) is 2.49. The van der Waals surface area contributed by atoms with Crippen LogP contribution >= 0.6 is 0 Å². The number of nitrogens with zero attached hydrogens (tertiary/aromatic N) is 3. The molecule has 1 aliphatic heterocycles. The smallest absolute Gasteiger partial charge is 0.316 e. The Morgan fingerprint density at radius 3 is 2.74 bits per heavy atom. The molecule has 2 heterocycles. The van der Waals surface area contributed by atoms with Gasteiger partial charge in [-0.25, -0.2) is 0 Å². The SMILES string of the molecule is COCCNC(=O)c1nc(-c2ccc(N3CCCC3)cc2)no1. The summed E-state index contributed by atoms with van der Waals surface area (Å²) in [7, 11) is 1.57. The summed E-state index contributed by atoms with van der Waals surface area (Å²) in [6, 6.07) is 8.00. The normalized spacial score (nSPS) is 14.2. The average Bonchev–Trinajstić information content (AvgIpc) is 3.27. The summed E-state index contributed by atoms with van der Waals surface area (Å²) in [5, 5.41) is 6.52. The van der Waals surface area contributed by atoms with Gasteiger partial charge in [0.1, 0.15) is 0 Å².